The number of anilines is 4. The molecule has 0 bridgehead atoms. The van der Waals surface area contributed by atoms with Gasteiger partial charge in [-0.15, -0.1) is 6.42 Å². The Balaban J connectivity index is 1.11. The van der Waals surface area contributed by atoms with Gasteiger partial charge in [-0.1, -0.05) is 18.6 Å². The largest absolute Gasteiger partial charge is 0.508 e. The first-order valence-electron chi connectivity index (χ1n) is 20.0. The Morgan fingerprint density at radius 2 is 2.07 bits per heavy atom. The second-order valence-corrected chi connectivity index (χ2v) is 16.2. The van der Waals surface area contributed by atoms with Crippen LogP contribution in [-0.4, -0.2) is 114 Å². The maximum absolute atomic E-state index is 15.4. The van der Waals surface area contributed by atoms with E-state index in [2.05, 4.69) is 29.2 Å². The van der Waals surface area contributed by atoms with E-state index in [4.69, 9.17) is 30.8 Å². The molecule has 58 heavy (non-hydrogen) atoms. The summed E-state index contributed by atoms with van der Waals surface area (Å²) in [6, 6.07) is 10.4. The molecule has 0 spiro atoms. The lowest BCUT2D eigenvalue weighted by Gasteiger charge is -2.37. The van der Waals surface area contributed by atoms with Crippen molar-refractivity contribution in [1.29, 1.82) is 0 Å². The number of likely N-dealkylation sites (N-methyl/N-ethyl adjacent to an activating group) is 1. The van der Waals surface area contributed by atoms with Crippen molar-refractivity contribution >= 4 is 39.7 Å². The van der Waals surface area contributed by atoms with Crippen LogP contribution in [0.2, 0.25) is 0 Å². The molecular weight excluding hydrogens is 743 g/mol. The van der Waals surface area contributed by atoms with Gasteiger partial charge in [0.1, 0.15) is 36.0 Å². The Hall–Kier alpha value is -5.68. The maximum Gasteiger partial charge on any atom is 0.318 e. The number of ether oxygens (including phenoxy) is 2. The number of hydrogen-bond acceptors (Lipinski definition) is 11. The summed E-state index contributed by atoms with van der Waals surface area (Å²) in [6.45, 7) is 12.2. The van der Waals surface area contributed by atoms with Gasteiger partial charge in [0.25, 0.3) is 0 Å². The number of nitrogens with zero attached hydrogens (tertiary/aromatic N) is 8. The number of terminal acetylenes is 1. The number of likely N-dealkylation sites (tertiary alicyclic amines) is 1. The van der Waals surface area contributed by atoms with Gasteiger partial charge < -0.3 is 39.1 Å². The third kappa shape index (κ3) is 7.43. The van der Waals surface area contributed by atoms with Crippen molar-refractivity contribution in [3.8, 4) is 24.1 Å². The predicted molar refractivity (Wildman–Crippen MR) is 221 cm³/mol. The molecule has 6 heterocycles. The number of alkyl halides is 1. The van der Waals surface area contributed by atoms with Crippen LogP contribution in [-0.2, 0) is 22.5 Å². The van der Waals surface area contributed by atoms with E-state index >= 15 is 8.78 Å². The standard InChI is InChI=1S/C44H50F2N8O4/c1-6-34-36(46)12-10-29-19-33(55)20-38(41(29)34)51-16-14-35-37(25-51)48-43(49-42(35)50(5)24-32-9-8-15-53(32)40(56)7-2)58-27-44(4)21-30(45)23-54(44)31-11-13-39(47-22-31)52-17-18-57-26-28(52)3/h1,7,10-13,19-20,22,28,30,32,55H,2,8-9,14-18,21,23-27H2,3-5H3/t28-,30-,32+,44+/m1/s1. The number of halogens is 2. The first-order chi connectivity index (χ1) is 28.0. The number of benzene rings is 2. The van der Waals surface area contributed by atoms with E-state index in [9.17, 15) is 9.90 Å². The van der Waals surface area contributed by atoms with Crippen LogP contribution in [0.25, 0.3) is 10.8 Å². The maximum atomic E-state index is 15.4. The van der Waals surface area contributed by atoms with E-state index < -0.39 is 17.5 Å². The van der Waals surface area contributed by atoms with Gasteiger partial charge in [0, 0.05) is 68.4 Å². The summed E-state index contributed by atoms with van der Waals surface area (Å²) in [6.07, 6.45) is 10.4. The molecule has 4 aromatic rings. The van der Waals surface area contributed by atoms with Crippen molar-refractivity contribution in [2.45, 2.75) is 69.9 Å². The van der Waals surface area contributed by atoms with Crippen LogP contribution >= 0.6 is 0 Å². The number of rotatable bonds is 10. The van der Waals surface area contributed by atoms with E-state index in [0.717, 1.165) is 36.5 Å². The summed E-state index contributed by atoms with van der Waals surface area (Å²) in [5.74, 6) is 3.48. The van der Waals surface area contributed by atoms with E-state index in [1.807, 2.05) is 40.8 Å². The predicted octanol–water partition coefficient (Wildman–Crippen LogP) is 5.64. The summed E-state index contributed by atoms with van der Waals surface area (Å²) >= 11 is 0. The monoisotopic (exact) mass is 792 g/mol. The molecule has 12 nitrogen and oxygen atoms in total. The number of amides is 1. The fourth-order valence-corrected chi connectivity index (χ4v) is 9.22. The SMILES string of the molecule is C#Cc1c(F)ccc2cc(O)cc(N3CCc4c(nc(OC[C@]5(C)C[C@@H](F)CN5c5ccc(N6CCOC[C@H]6C)nc5)nc4N(C)C[C@@H]4CCCN4C(=O)C=C)C3)c12. The van der Waals surface area contributed by atoms with Crippen LogP contribution < -0.4 is 24.3 Å². The molecule has 0 saturated carbocycles. The molecule has 3 fully saturated rings. The second kappa shape index (κ2) is 15.9. The van der Waals surface area contributed by atoms with Crippen molar-refractivity contribution in [1.82, 2.24) is 19.9 Å². The highest BCUT2D eigenvalue weighted by atomic mass is 19.1. The van der Waals surface area contributed by atoms with Gasteiger partial charge >= 0.3 is 6.01 Å². The van der Waals surface area contributed by atoms with E-state index in [1.165, 1.54) is 12.1 Å². The average molecular weight is 793 g/mol. The number of fused-ring (bicyclic) bond motifs is 2. The first-order valence-corrected chi connectivity index (χ1v) is 20.0. The normalized spacial score (nSPS) is 23.2. The van der Waals surface area contributed by atoms with Gasteiger partial charge in [0.15, 0.2) is 0 Å². The van der Waals surface area contributed by atoms with Gasteiger partial charge in [-0.2, -0.15) is 9.97 Å². The highest BCUT2D eigenvalue weighted by Gasteiger charge is 2.44. The number of phenols is 1. The number of carbonyl (C=O) groups is 1. The molecule has 1 amide bonds. The highest BCUT2D eigenvalue weighted by Crippen LogP contribution is 2.40. The number of carbonyl (C=O) groups excluding carboxylic acids is 1. The smallest absolute Gasteiger partial charge is 0.318 e. The summed E-state index contributed by atoms with van der Waals surface area (Å²) in [5, 5.41) is 11.9. The van der Waals surface area contributed by atoms with Crippen LogP contribution in [0.3, 0.4) is 0 Å². The first kappa shape index (κ1) is 39.2. The molecule has 2 aromatic heterocycles. The number of aromatic nitrogens is 3. The number of phenolic OH excluding ortho intramolecular Hbond substituents is 1. The third-order valence-electron chi connectivity index (χ3n) is 12.1. The van der Waals surface area contributed by atoms with Gasteiger partial charge in [-0.3, -0.25) is 4.79 Å². The van der Waals surface area contributed by atoms with Crippen molar-refractivity contribution < 1.29 is 28.2 Å². The molecule has 0 aliphatic carbocycles. The van der Waals surface area contributed by atoms with Crippen LogP contribution in [0, 0.1) is 18.2 Å². The van der Waals surface area contributed by atoms with E-state index in [1.54, 1.807) is 24.4 Å². The number of pyridine rings is 1. The molecule has 3 saturated heterocycles. The summed E-state index contributed by atoms with van der Waals surface area (Å²) < 4.78 is 42.5. The lowest BCUT2D eigenvalue weighted by Crippen LogP contribution is -2.46. The van der Waals surface area contributed by atoms with Crippen molar-refractivity contribution in [2.24, 2.45) is 0 Å². The number of aromatic hydroxyl groups is 1. The van der Waals surface area contributed by atoms with Crippen LogP contribution in [0.15, 0.2) is 55.3 Å². The second-order valence-electron chi connectivity index (χ2n) is 16.2. The zero-order chi connectivity index (χ0) is 40.7. The molecule has 4 atom stereocenters. The average Bonchev–Trinajstić information content (AvgIpc) is 3.81. The minimum Gasteiger partial charge on any atom is -0.508 e. The molecule has 2 aromatic carbocycles. The molecule has 4 aliphatic rings. The Labute approximate surface area is 338 Å². The lowest BCUT2D eigenvalue weighted by molar-refractivity contribution is -0.126. The fraction of sp³-hybridized carbons (Fsp3) is 0.455. The number of hydrogen-bond donors (Lipinski definition) is 1. The fourth-order valence-electron chi connectivity index (χ4n) is 9.22. The van der Waals surface area contributed by atoms with E-state index in [-0.39, 0.29) is 54.9 Å². The lowest BCUT2D eigenvalue weighted by atomic mass is 9.98. The third-order valence-corrected chi connectivity index (χ3v) is 12.1. The molecule has 1 N–H and O–H groups in total. The van der Waals surface area contributed by atoms with Crippen molar-refractivity contribution in [3.05, 3.63) is 77.9 Å². The molecule has 304 valence electrons. The van der Waals surface area contributed by atoms with Gasteiger partial charge in [0.05, 0.1) is 61.0 Å². The molecule has 14 heteroatoms. The molecule has 0 radical (unpaired) electrons. The Bertz CT molecular complexity index is 2250. The van der Waals surface area contributed by atoms with E-state index in [0.29, 0.717) is 73.8 Å². The zero-order valence-electron chi connectivity index (χ0n) is 33.3. The minimum atomic E-state index is -1.07. The summed E-state index contributed by atoms with van der Waals surface area (Å²) in [7, 11) is 1.96. The molecule has 4 aliphatic heterocycles. The molecular formula is C44H50F2N8O4. The van der Waals surface area contributed by atoms with Gasteiger partial charge in [-0.25, -0.2) is 13.8 Å². The molecule has 0 unspecified atom stereocenters. The zero-order valence-corrected chi connectivity index (χ0v) is 33.3. The van der Waals surface area contributed by atoms with Crippen LogP contribution in [0.1, 0.15) is 49.9 Å². The summed E-state index contributed by atoms with van der Waals surface area (Å²) in [5.41, 5.74) is 2.41. The van der Waals surface area contributed by atoms with Gasteiger partial charge in [-0.05, 0) is 68.8 Å². The Morgan fingerprint density at radius 3 is 2.83 bits per heavy atom. The molecule has 8 rings (SSSR count). The van der Waals surface area contributed by atoms with Crippen molar-refractivity contribution in [2.75, 3.05) is 79.2 Å². The van der Waals surface area contributed by atoms with Crippen LogP contribution in [0.4, 0.5) is 31.8 Å². The highest BCUT2D eigenvalue weighted by molar-refractivity contribution is 6.00. The number of morpholine rings is 1. The Kier molecular flexibility index (Phi) is 10.8. The van der Waals surface area contributed by atoms with Gasteiger partial charge in [0.2, 0.25) is 5.91 Å². The summed E-state index contributed by atoms with van der Waals surface area (Å²) in [4.78, 5) is 37.6. The topological polar surface area (TPSA) is 111 Å². The minimum absolute atomic E-state index is 0.0276. The quantitative estimate of drug-likeness (QED) is 0.159. The van der Waals surface area contributed by atoms with Crippen LogP contribution in [0.5, 0.6) is 11.8 Å². The Morgan fingerprint density at radius 1 is 1.22 bits per heavy atom. The van der Waals surface area contributed by atoms with Crippen molar-refractivity contribution in [3.63, 3.8) is 0 Å².